The van der Waals surface area contributed by atoms with Crippen LogP contribution in [-0.4, -0.2) is 5.91 Å². The molecule has 0 aliphatic carbocycles. The van der Waals surface area contributed by atoms with Gasteiger partial charge < -0.3 is 5.32 Å². The number of amides is 1. The lowest BCUT2D eigenvalue weighted by molar-refractivity contribution is 0.0940. The Morgan fingerprint density at radius 2 is 2.22 bits per heavy atom. The molecule has 2 aromatic rings. The molecule has 1 aromatic heterocycles. The molecule has 94 valence electrons. The largest absolute Gasteiger partial charge is 0.345 e. The maximum atomic E-state index is 13.1. The molecule has 0 aliphatic rings. The van der Waals surface area contributed by atoms with Crippen LogP contribution in [0.2, 0.25) is 0 Å². The summed E-state index contributed by atoms with van der Waals surface area (Å²) in [6, 6.07) is 7.76. The van der Waals surface area contributed by atoms with Crippen molar-refractivity contribution < 1.29 is 9.18 Å². The minimum Gasteiger partial charge on any atom is -0.345 e. The zero-order chi connectivity index (χ0) is 13.1. The molecule has 1 N–H and O–H groups in total. The van der Waals surface area contributed by atoms with E-state index in [1.54, 1.807) is 23.6 Å². The summed E-state index contributed by atoms with van der Waals surface area (Å²) in [6.07, 6.45) is 0. The quantitative estimate of drug-likeness (QED) is 0.901. The average Bonchev–Trinajstić information content (AvgIpc) is 2.76. The molecule has 0 radical (unpaired) electrons. The fourth-order valence-corrected chi connectivity index (χ4v) is 2.71. The van der Waals surface area contributed by atoms with Crippen molar-refractivity contribution in [3.63, 3.8) is 0 Å². The summed E-state index contributed by atoms with van der Waals surface area (Å²) < 4.78 is 14.0. The fraction of sp³-hybridized carbons (Fsp3) is 0.154. The number of hydrogen-bond donors (Lipinski definition) is 1. The summed E-state index contributed by atoms with van der Waals surface area (Å²) in [4.78, 5) is 11.9. The molecule has 0 aliphatic heterocycles. The summed E-state index contributed by atoms with van der Waals surface area (Å²) >= 11 is 4.76. The number of benzene rings is 1. The molecule has 1 aromatic carbocycles. The molecular formula is C13H11BrFNOS. The second-order valence-electron chi connectivity index (χ2n) is 3.89. The standard InChI is InChI=1S/C13H11BrFNOS/c1-8(9-3-2-4-11(15)5-9)16-13(17)10-6-12(14)18-7-10/h2-8H,1H3,(H,16,17). The van der Waals surface area contributed by atoms with Crippen LogP contribution in [0.5, 0.6) is 0 Å². The highest BCUT2D eigenvalue weighted by atomic mass is 79.9. The third kappa shape index (κ3) is 3.17. The van der Waals surface area contributed by atoms with E-state index >= 15 is 0 Å². The molecule has 2 rings (SSSR count). The van der Waals surface area contributed by atoms with Crippen molar-refractivity contribution in [2.45, 2.75) is 13.0 Å². The van der Waals surface area contributed by atoms with E-state index in [1.807, 2.05) is 6.92 Å². The SMILES string of the molecule is CC(NC(=O)c1csc(Br)c1)c1cccc(F)c1. The number of hydrogen-bond acceptors (Lipinski definition) is 2. The summed E-state index contributed by atoms with van der Waals surface area (Å²) in [5.41, 5.74) is 1.35. The lowest BCUT2D eigenvalue weighted by Crippen LogP contribution is -2.26. The molecule has 5 heteroatoms. The molecule has 0 bridgehead atoms. The van der Waals surface area contributed by atoms with E-state index in [0.29, 0.717) is 5.56 Å². The van der Waals surface area contributed by atoms with Crippen LogP contribution in [0, 0.1) is 5.82 Å². The maximum absolute atomic E-state index is 13.1. The third-order valence-corrected chi connectivity index (χ3v) is 4.03. The van der Waals surface area contributed by atoms with Crippen molar-refractivity contribution in [3.05, 3.63) is 56.4 Å². The van der Waals surface area contributed by atoms with Crippen molar-refractivity contribution in [1.29, 1.82) is 0 Å². The van der Waals surface area contributed by atoms with E-state index in [-0.39, 0.29) is 17.8 Å². The molecule has 0 saturated carbocycles. The van der Waals surface area contributed by atoms with Gasteiger partial charge in [0.15, 0.2) is 0 Å². The Balaban J connectivity index is 2.07. The first-order valence-corrected chi connectivity index (χ1v) is 7.04. The molecule has 0 spiro atoms. The summed E-state index contributed by atoms with van der Waals surface area (Å²) in [7, 11) is 0. The van der Waals surface area contributed by atoms with Gasteiger partial charge in [0.05, 0.1) is 15.4 Å². The van der Waals surface area contributed by atoms with Crippen LogP contribution in [0.1, 0.15) is 28.9 Å². The molecular weight excluding hydrogens is 317 g/mol. The van der Waals surface area contributed by atoms with Gasteiger partial charge in [0.1, 0.15) is 5.82 Å². The molecule has 1 unspecified atom stereocenters. The number of thiophene rings is 1. The van der Waals surface area contributed by atoms with Gasteiger partial charge in [-0.3, -0.25) is 4.79 Å². The predicted octanol–water partition coefficient (Wildman–Crippen LogP) is 4.14. The van der Waals surface area contributed by atoms with E-state index in [9.17, 15) is 9.18 Å². The Kier molecular flexibility index (Phi) is 4.14. The van der Waals surface area contributed by atoms with Crippen LogP contribution in [0.4, 0.5) is 4.39 Å². The number of halogens is 2. The minimum absolute atomic E-state index is 0.159. The van der Waals surface area contributed by atoms with E-state index in [4.69, 9.17) is 0 Å². The number of rotatable bonds is 3. The molecule has 1 atom stereocenters. The highest BCUT2D eigenvalue weighted by Crippen LogP contribution is 2.21. The van der Waals surface area contributed by atoms with E-state index in [1.165, 1.54) is 23.5 Å². The van der Waals surface area contributed by atoms with Crippen LogP contribution in [0.25, 0.3) is 0 Å². The van der Waals surface area contributed by atoms with Crippen LogP contribution in [-0.2, 0) is 0 Å². The highest BCUT2D eigenvalue weighted by Gasteiger charge is 2.13. The number of nitrogens with one attached hydrogen (secondary N) is 1. The fourth-order valence-electron chi connectivity index (χ4n) is 1.57. The van der Waals surface area contributed by atoms with Gasteiger partial charge in [0.25, 0.3) is 5.91 Å². The van der Waals surface area contributed by atoms with E-state index < -0.39 is 0 Å². The first-order chi connectivity index (χ1) is 8.56. The molecule has 0 saturated heterocycles. The van der Waals surface area contributed by atoms with Gasteiger partial charge in [-0.2, -0.15) is 0 Å². The van der Waals surface area contributed by atoms with Crippen molar-refractivity contribution >= 4 is 33.2 Å². The third-order valence-electron chi connectivity index (χ3n) is 2.53. The molecule has 1 heterocycles. The zero-order valence-corrected chi connectivity index (χ0v) is 12.0. The lowest BCUT2D eigenvalue weighted by Gasteiger charge is -2.13. The van der Waals surface area contributed by atoms with Gasteiger partial charge in [0, 0.05) is 5.38 Å². The Hall–Kier alpha value is -1.20. The Morgan fingerprint density at radius 3 is 2.83 bits per heavy atom. The Bertz CT molecular complexity index is 570. The Morgan fingerprint density at radius 1 is 1.44 bits per heavy atom. The number of carbonyl (C=O) groups excluding carboxylic acids is 1. The van der Waals surface area contributed by atoms with Gasteiger partial charge in [-0.1, -0.05) is 12.1 Å². The molecule has 2 nitrogen and oxygen atoms in total. The van der Waals surface area contributed by atoms with Gasteiger partial charge in [0.2, 0.25) is 0 Å². The lowest BCUT2D eigenvalue weighted by atomic mass is 10.1. The topological polar surface area (TPSA) is 29.1 Å². The van der Waals surface area contributed by atoms with Crippen molar-refractivity contribution in [1.82, 2.24) is 5.32 Å². The van der Waals surface area contributed by atoms with Crippen LogP contribution >= 0.6 is 27.3 Å². The maximum Gasteiger partial charge on any atom is 0.252 e. The van der Waals surface area contributed by atoms with Gasteiger partial charge in [-0.05, 0) is 46.6 Å². The van der Waals surface area contributed by atoms with Gasteiger partial charge >= 0.3 is 0 Å². The predicted molar refractivity (Wildman–Crippen MR) is 74.3 cm³/mol. The van der Waals surface area contributed by atoms with Crippen LogP contribution < -0.4 is 5.32 Å². The van der Waals surface area contributed by atoms with E-state index in [2.05, 4.69) is 21.2 Å². The van der Waals surface area contributed by atoms with Crippen molar-refractivity contribution in [2.75, 3.05) is 0 Å². The van der Waals surface area contributed by atoms with Gasteiger partial charge in [-0.25, -0.2) is 4.39 Å². The summed E-state index contributed by atoms with van der Waals surface area (Å²) in [5, 5.41) is 4.61. The van der Waals surface area contributed by atoms with E-state index in [0.717, 1.165) is 9.35 Å². The monoisotopic (exact) mass is 327 g/mol. The minimum atomic E-state index is -0.299. The smallest absolute Gasteiger partial charge is 0.252 e. The van der Waals surface area contributed by atoms with Crippen molar-refractivity contribution in [2.24, 2.45) is 0 Å². The summed E-state index contributed by atoms with van der Waals surface area (Å²) in [5.74, 6) is -0.458. The normalized spacial score (nSPS) is 12.2. The second kappa shape index (κ2) is 5.63. The highest BCUT2D eigenvalue weighted by molar-refractivity contribution is 9.11. The zero-order valence-electron chi connectivity index (χ0n) is 9.61. The Labute approximate surface area is 117 Å². The van der Waals surface area contributed by atoms with Gasteiger partial charge in [-0.15, -0.1) is 11.3 Å². The number of carbonyl (C=O) groups is 1. The van der Waals surface area contributed by atoms with Crippen LogP contribution in [0.3, 0.4) is 0 Å². The van der Waals surface area contributed by atoms with Crippen LogP contribution in [0.15, 0.2) is 39.5 Å². The average molecular weight is 328 g/mol. The van der Waals surface area contributed by atoms with Crippen molar-refractivity contribution in [3.8, 4) is 0 Å². The second-order valence-corrected chi connectivity index (χ2v) is 6.18. The molecule has 0 fully saturated rings. The molecule has 18 heavy (non-hydrogen) atoms. The summed E-state index contributed by atoms with van der Waals surface area (Å²) in [6.45, 7) is 1.83. The first kappa shape index (κ1) is 13.2. The molecule has 1 amide bonds. The first-order valence-electron chi connectivity index (χ1n) is 5.36.